The lowest BCUT2D eigenvalue weighted by Gasteiger charge is -2.45. The first-order valence-corrected chi connectivity index (χ1v) is 16.9. The number of carbonyl (C=O) groups is 7. The van der Waals surface area contributed by atoms with Crippen LogP contribution < -0.4 is 21.3 Å². The number of amides is 4. The SMILES string of the molecule is CCCNC(=O)[C@H](CC(=O)N[C@@H]1O[C@H](COC(C)=O)[C@@H](OC(C)=O)[C@H](OC(C)=O)[C@H]1NC(C)=O)NC(=O)OCC1c2ccccc2-c2ccccc21. The number of alkyl carbamates (subject to hydrolysis) is 1. The summed E-state index contributed by atoms with van der Waals surface area (Å²) in [4.78, 5) is 88.0. The quantitative estimate of drug-likeness (QED) is 0.162. The third-order valence-corrected chi connectivity index (χ3v) is 8.31. The van der Waals surface area contributed by atoms with Crippen LogP contribution in [0.4, 0.5) is 4.79 Å². The Hall–Kier alpha value is -5.51. The van der Waals surface area contributed by atoms with Crippen molar-refractivity contribution >= 4 is 41.7 Å². The molecule has 6 atom stereocenters. The highest BCUT2D eigenvalue weighted by Crippen LogP contribution is 2.44. The van der Waals surface area contributed by atoms with E-state index < -0.39 is 91.4 Å². The van der Waals surface area contributed by atoms with Crippen LogP contribution in [-0.4, -0.2) is 98.1 Å². The molecule has 4 N–H and O–H groups in total. The molecule has 2 aromatic rings. The molecular weight excluding hydrogens is 680 g/mol. The standard InChI is InChI=1S/C36H44N4O12/c1-6-15-37-34(46)28(39-36(47)49-17-27-25-13-9-7-11-23(25)24-12-8-10-14-26(24)27)16-30(45)40-35-31(38-19(2)41)33(51-22(5)44)32(50-21(4)43)29(52-35)18-48-20(3)42/h7-14,27-29,31-33,35H,6,15-18H2,1-5H3,(H,37,46)(H,38,41)(H,39,47)(H,40,45)/t28-,29+,31+,32+,33+,35+/m0/s1. The molecule has 52 heavy (non-hydrogen) atoms. The minimum absolute atomic E-state index is 0.0333. The fourth-order valence-corrected chi connectivity index (χ4v) is 6.22. The first kappa shape index (κ1) is 39.3. The minimum atomic E-state index is -1.46. The molecule has 16 heteroatoms. The zero-order valence-corrected chi connectivity index (χ0v) is 29.6. The molecular formula is C36H44N4O12. The number of carbonyl (C=O) groups excluding carboxylic acids is 7. The smallest absolute Gasteiger partial charge is 0.407 e. The van der Waals surface area contributed by atoms with E-state index in [1.807, 2.05) is 55.5 Å². The van der Waals surface area contributed by atoms with Gasteiger partial charge in [0.2, 0.25) is 17.7 Å². The van der Waals surface area contributed by atoms with Gasteiger partial charge in [0, 0.05) is 40.2 Å². The summed E-state index contributed by atoms with van der Waals surface area (Å²) in [5.74, 6) is -4.64. The number of nitrogens with one attached hydrogen (secondary N) is 4. The lowest BCUT2D eigenvalue weighted by Crippen LogP contribution is -2.69. The summed E-state index contributed by atoms with van der Waals surface area (Å²) in [5.41, 5.74) is 4.05. The van der Waals surface area contributed by atoms with Crippen molar-refractivity contribution in [2.45, 2.75) is 90.0 Å². The zero-order valence-electron chi connectivity index (χ0n) is 29.6. The van der Waals surface area contributed by atoms with Gasteiger partial charge in [-0.1, -0.05) is 55.5 Å². The van der Waals surface area contributed by atoms with E-state index in [0.717, 1.165) is 43.0 Å². The van der Waals surface area contributed by atoms with Gasteiger partial charge < -0.3 is 45.0 Å². The molecule has 1 aliphatic heterocycles. The summed E-state index contributed by atoms with van der Waals surface area (Å²) >= 11 is 0. The normalized spacial score (nSPS) is 20.9. The van der Waals surface area contributed by atoms with E-state index in [1.54, 1.807) is 0 Å². The van der Waals surface area contributed by atoms with Crippen LogP contribution in [0.5, 0.6) is 0 Å². The highest BCUT2D eigenvalue weighted by atomic mass is 16.6. The first-order valence-electron chi connectivity index (χ1n) is 16.9. The molecule has 0 saturated carbocycles. The first-order chi connectivity index (χ1) is 24.8. The van der Waals surface area contributed by atoms with Crippen molar-refractivity contribution in [2.75, 3.05) is 19.8 Å². The Balaban J connectivity index is 1.52. The number of hydrogen-bond acceptors (Lipinski definition) is 12. The second kappa shape index (κ2) is 18.1. The molecule has 0 aromatic heterocycles. The van der Waals surface area contributed by atoms with Crippen molar-refractivity contribution in [1.29, 1.82) is 0 Å². The minimum Gasteiger partial charge on any atom is -0.463 e. The Labute approximate surface area is 300 Å². The Morgan fingerprint density at radius 3 is 1.90 bits per heavy atom. The molecule has 1 aliphatic carbocycles. The van der Waals surface area contributed by atoms with Crippen molar-refractivity contribution in [3.8, 4) is 11.1 Å². The maximum absolute atomic E-state index is 13.6. The van der Waals surface area contributed by atoms with Gasteiger partial charge >= 0.3 is 24.0 Å². The van der Waals surface area contributed by atoms with Crippen molar-refractivity contribution in [3.63, 3.8) is 0 Å². The van der Waals surface area contributed by atoms with Crippen LogP contribution in [0.15, 0.2) is 48.5 Å². The molecule has 1 fully saturated rings. The van der Waals surface area contributed by atoms with Crippen LogP contribution in [0.25, 0.3) is 11.1 Å². The van der Waals surface area contributed by atoms with Gasteiger partial charge in [0.15, 0.2) is 18.4 Å². The van der Waals surface area contributed by atoms with Gasteiger partial charge in [0.1, 0.15) is 31.4 Å². The van der Waals surface area contributed by atoms with E-state index >= 15 is 0 Å². The summed E-state index contributed by atoms with van der Waals surface area (Å²) in [5, 5.41) is 10.3. The maximum Gasteiger partial charge on any atom is 0.407 e. The Bertz CT molecular complexity index is 1620. The highest BCUT2D eigenvalue weighted by molar-refractivity contribution is 5.91. The average Bonchev–Trinajstić information content (AvgIpc) is 3.40. The van der Waals surface area contributed by atoms with Crippen molar-refractivity contribution in [1.82, 2.24) is 21.3 Å². The zero-order chi connectivity index (χ0) is 37.9. The summed E-state index contributed by atoms with van der Waals surface area (Å²) in [6.45, 7) is 6.08. The summed E-state index contributed by atoms with van der Waals surface area (Å²) in [6, 6.07) is 12.9. The molecule has 1 heterocycles. The number of esters is 3. The van der Waals surface area contributed by atoms with Gasteiger partial charge in [-0.3, -0.25) is 28.8 Å². The third kappa shape index (κ3) is 10.3. The fourth-order valence-electron chi connectivity index (χ4n) is 6.22. The summed E-state index contributed by atoms with van der Waals surface area (Å²) in [7, 11) is 0. The molecule has 0 unspecified atom stereocenters. The van der Waals surface area contributed by atoms with E-state index in [4.69, 9.17) is 23.7 Å². The van der Waals surface area contributed by atoms with Crippen LogP contribution in [0.3, 0.4) is 0 Å². The molecule has 1 saturated heterocycles. The van der Waals surface area contributed by atoms with E-state index in [2.05, 4.69) is 21.3 Å². The summed E-state index contributed by atoms with van der Waals surface area (Å²) in [6.07, 6.45) is -6.46. The monoisotopic (exact) mass is 724 g/mol. The van der Waals surface area contributed by atoms with Crippen LogP contribution in [-0.2, 0) is 52.5 Å². The predicted octanol–water partition coefficient (Wildman–Crippen LogP) is 1.58. The third-order valence-electron chi connectivity index (χ3n) is 8.31. The van der Waals surface area contributed by atoms with Crippen molar-refractivity contribution in [2.24, 2.45) is 0 Å². The number of ether oxygens (including phenoxy) is 5. The van der Waals surface area contributed by atoms with Gasteiger partial charge in [0.25, 0.3) is 0 Å². The van der Waals surface area contributed by atoms with Crippen LogP contribution in [0.2, 0.25) is 0 Å². The van der Waals surface area contributed by atoms with E-state index in [9.17, 15) is 33.6 Å². The molecule has 2 aliphatic rings. The Kier molecular flexibility index (Phi) is 13.7. The number of fused-ring (bicyclic) bond motifs is 3. The second-order valence-corrected chi connectivity index (χ2v) is 12.4. The topological polar surface area (TPSA) is 214 Å². The van der Waals surface area contributed by atoms with Crippen LogP contribution in [0.1, 0.15) is 64.5 Å². The predicted molar refractivity (Wildman–Crippen MR) is 182 cm³/mol. The van der Waals surface area contributed by atoms with E-state index in [-0.39, 0.29) is 19.1 Å². The van der Waals surface area contributed by atoms with Crippen LogP contribution >= 0.6 is 0 Å². The Morgan fingerprint density at radius 1 is 0.750 bits per heavy atom. The molecule has 4 rings (SSSR count). The number of benzene rings is 2. The molecule has 0 bridgehead atoms. The van der Waals surface area contributed by atoms with Crippen molar-refractivity contribution in [3.05, 3.63) is 59.7 Å². The molecule has 4 amide bonds. The molecule has 0 radical (unpaired) electrons. The van der Waals surface area contributed by atoms with Gasteiger partial charge in [-0.25, -0.2) is 4.79 Å². The Morgan fingerprint density at radius 2 is 1.35 bits per heavy atom. The fraction of sp³-hybridized carbons (Fsp3) is 0.472. The second-order valence-electron chi connectivity index (χ2n) is 12.4. The summed E-state index contributed by atoms with van der Waals surface area (Å²) < 4.78 is 27.5. The van der Waals surface area contributed by atoms with Gasteiger partial charge in [-0.15, -0.1) is 0 Å². The molecule has 280 valence electrons. The van der Waals surface area contributed by atoms with Gasteiger partial charge in [-0.05, 0) is 28.7 Å². The molecule has 16 nitrogen and oxygen atoms in total. The maximum atomic E-state index is 13.6. The van der Waals surface area contributed by atoms with Gasteiger partial charge in [0.05, 0.1) is 6.42 Å². The highest BCUT2D eigenvalue weighted by Gasteiger charge is 2.51. The lowest BCUT2D eigenvalue weighted by molar-refractivity contribution is -0.228. The number of hydrogen-bond donors (Lipinski definition) is 4. The van der Waals surface area contributed by atoms with E-state index in [0.29, 0.717) is 6.42 Å². The lowest BCUT2D eigenvalue weighted by atomic mass is 9.94. The molecule has 2 aromatic carbocycles. The average molecular weight is 725 g/mol. The largest absolute Gasteiger partial charge is 0.463 e. The van der Waals surface area contributed by atoms with E-state index in [1.165, 1.54) is 6.92 Å². The van der Waals surface area contributed by atoms with Crippen LogP contribution in [0, 0.1) is 0 Å². The molecule has 0 spiro atoms. The number of rotatable bonds is 14. The van der Waals surface area contributed by atoms with Crippen molar-refractivity contribution < 1.29 is 57.2 Å². The van der Waals surface area contributed by atoms with Gasteiger partial charge in [-0.2, -0.15) is 0 Å².